The molecule has 1 aromatic carbocycles. The van der Waals surface area contributed by atoms with Gasteiger partial charge in [-0.2, -0.15) is 0 Å². The van der Waals surface area contributed by atoms with Crippen LogP contribution in [-0.4, -0.2) is 21.1 Å². The van der Waals surface area contributed by atoms with Crippen LogP contribution in [0.5, 0.6) is 0 Å². The van der Waals surface area contributed by atoms with Crippen LogP contribution in [0, 0.1) is 0 Å². The lowest BCUT2D eigenvalue weighted by molar-refractivity contribution is -0.117. The average molecular weight is 223 g/mol. The van der Waals surface area contributed by atoms with Crippen molar-refractivity contribution >= 4 is 27.6 Å². The van der Waals surface area contributed by atoms with E-state index in [0.29, 0.717) is 5.69 Å². The van der Waals surface area contributed by atoms with Gasteiger partial charge in [-0.15, -0.1) is 0 Å². The van der Waals surface area contributed by atoms with Crippen LogP contribution in [0.1, 0.15) is 6.42 Å². The summed E-state index contributed by atoms with van der Waals surface area (Å²) in [6.45, 7) is 0. The third-order valence-electron chi connectivity index (χ3n) is 2.14. The van der Waals surface area contributed by atoms with Gasteiger partial charge in [0.15, 0.2) is 0 Å². The van der Waals surface area contributed by atoms with Crippen LogP contribution in [0.2, 0.25) is 0 Å². The molecule has 78 valence electrons. The van der Waals surface area contributed by atoms with Gasteiger partial charge in [0.2, 0.25) is 5.91 Å². The second-order valence-electron chi connectivity index (χ2n) is 3.13. The molecule has 0 aliphatic carbocycles. The number of nitrogens with zero attached hydrogens (tertiary/aromatic N) is 1. The highest BCUT2D eigenvalue weighted by molar-refractivity contribution is 8.00. The summed E-state index contributed by atoms with van der Waals surface area (Å²) >= 11 is 0. The van der Waals surface area contributed by atoms with Gasteiger partial charge in [0.05, 0.1) is 5.69 Å². The summed E-state index contributed by atoms with van der Waals surface area (Å²) in [6, 6.07) is 8.55. The van der Waals surface area contributed by atoms with Crippen molar-refractivity contribution in [2.24, 2.45) is 0 Å². The molecule has 15 heavy (non-hydrogen) atoms. The van der Waals surface area contributed by atoms with Crippen molar-refractivity contribution in [1.82, 2.24) is 0 Å². The molecule has 1 unspecified atom stereocenters. The van der Waals surface area contributed by atoms with Crippen LogP contribution in [0.4, 0.5) is 10.5 Å². The predicted molar refractivity (Wildman–Crippen MR) is 57.0 cm³/mol. The molecule has 1 aliphatic rings. The Morgan fingerprint density at radius 3 is 2.47 bits per heavy atom. The number of carbonyl (C=O) groups is 2. The third kappa shape index (κ3) is 1.83. The molecule has 1 aromatic rings. The van der Waals surface area contributed by atoms with Gasteiger partial charge in [-0.25, -0.2) is 9.11 Å². The molecular formula is C10H9NO3S. The zero-order chi connectivity index (χ0) is 10.8. The minimum atomic E-state index is -1.57. The number of para-hydroxylation sites is 1. The Bertz CT molecular complexity index is 430. The number of hydrogen-bond donors (Lipinski definition) is 0. The second kappa shape index (κ2) is 3.94. The van der Waals surface area contributed by atoms with E-state index >= 15 is 0 Å². The largest absolute Gasteiger partial charge is 0.323 e. The van der Waals surface area contributed by atoms with E-state index in [2.05, 4.69) is 0 Å². The minimum Gasteiger partial charge on any atom is -0.274 e. The van der Waals surface area contributed by atoms with Gasteiger partial charge < -0.3 is 0 Å². The molecule has 0 radical (unpaired) electrons. The molecule has 2 amide bonds. The standard InChI is InChI=1S/C10H9NO3S/c12-9-6-7-15(14)10(13)11(9)8-4-2-1-3-5-8/h1-5H,6-7H2. The lowest BCUT2D eigenvalue weighted by atomic mass is 10.3. The smallest absolute Gasteiger partial charge is 0.274 e. The van der Waals surface area contributed by atoms with Crippen LogP contribution < -0.4 is 4.90 Å². The molecule has 0 saturated carbocycles. The monoisotopic (exact) mass is 223 g/mol. The number of amides is 2. The second-order valence-corrected chi connectivity index (χ2v) is 4.58. The first-order valence-electron chi connectivity index (χ1n) is 4.50. The Morgan fingerprint density at radius 2 is 1.80 bits per heavy atom. The first-order chi connectivity index (χ1) is 7.20. The Hall–Kier alpha value is -1.49. The molecule has 5 heteroatoms. The maximum atomic E-state index is 11.5. The van der Waals surface area contributed by atoms with Gasteiger partial charge in [0, 0.05) is 12.2 Å². The Labute approximate surface area is 89.3 Å². The average Bonchev–Trinajstić information content (AvgIpc) is 2.26. The summed E-state index contributed by atoms with van der Waals surface area (Å²) in [5, 5.41) is -0.613. The molecule has 1 fully saturated rings. The summed E-state index contributed by atoms with van der Waals surface area (Å²) in [5.41, 5.74) is 0.487. The molecule has 1 atom stereocenters. The molecule has 0 N–H and O–H groups in total. The van der Waals surface area contributed by atoms with Crippen LogP contribution in [0.3, 0.4) is 0 Å². The van der Waals surface area contributed by atoms with Crippen molar-refractivity contribution in [3.8, 4) is 0 Å². The van der Waals surface area contributed by atoms with Gasteiger partial charge in [0.25, 0.3) is 0 Å². The van der Waals surface area contributed by atoms with Crippen molar-refractivity contribution in [1.29, 1.82) is 0 Å². The van der Waals surface area contributed by atoms with Gasteiger partial charge in [-0.1, -0.05) is 18.2 Å². The van der Waals surface area contributed by atoms with Crippen molar-refractivity contribution in [2.75, 3.05) is 10.7 Å². The number of anilines is 1. The molecular weight excluding hydrogens is 214 g/mol. The Morgan fingerprint density at radius 1 is 1.13 bits per heavy atom. The number of rotatable bonds is 1. The van der Waals surface area contributed by atoms with Gasteiger partial charge in [0.1, 0.15) is 10.8 Å². The van der Waals surface area contributed by atoms with E-state index in [-0.39, 0.29) is 18.1 Å². The van der Waals surface area contributed by atoms with Gasteiger partial charge in [-0.05, 0) is 12.1 Å². The molecule has 0 bridgehead atoms. The fourth-order valence-electron chi connectivity index (χ4n) is 1.41. The first kappa shape index (κ1) is 10.0. The topological polar surface area (TPSA) is 54.5 Å². The summed E-state index contributed by atoms with van der Waals surface area (Å²) in [4.78, 5) is 24.1. The Kier molecular flexibility index (Phi) is 2.64. The van der Waals surface area contributed by atoms with Crippen LogP contribution in [-0.2, 0) is 15.6 Å². The van der Waals surface area contributed by atoms with E-state index in [9.17, 15) is 13.8 Å². The SMILES string of the molecule is O=C1CCS(=O)C(=O)N1c1ccccc1. The van der Waals surface area contributed by atoms with E-state index in [1.54, 1.807) is 30.3 Å². The predicted octanol–water partition coefficient (Wildman–Crippen LogP) is 1.29. The molecule has 4 nitrogen and oxygen atoms in total. The third-order valence-corrected chi connectivity index (χ3v) is 3.29. The first-order valence-corrected chi connectivity index (χ1v) is 5.82. The zero-order valence-corrected chi connectivity index (χ0v) is 8.70. The number of imide groups is 1. The van der Waals surface area contributed by atoms with Crippen LogP contribution >= 0.6 is 0 Å². The maximum absolute atomic E-state index is 11.5. The fraction of sp³-hybridized carbons (Fsp3) is 0.200. The lowest BCUT2D eigenvalue weighted by Gasteiger charge is -2.23. The van der Waals surface area contributed by atoms with E-state index in [1.807, 2.05) is 0 Å². The number of hydrogen-bond acceptors (Lipinski definition) is 3. The molecule has 1 saturated heterocycles. The minimum absolute atomic E-state index is 0.140. The van der Waals surface area contributed by atoms with Gasteiger partial charge in [-0.3, -0.25) is 9.59 Å². The highest BCUT2D eigenvalue weighted by atomic mass is 32.2. The van der Waals surface area contributed by atoms with Crippen LogP contribution in [0.25, 0.3) is 0 Å². The van der Waals surface area contributed by atoms with Crippen molar-refractivity contribution in [3.05, 3.63) is 30.3 Å². The quantitative estimate of drug-likeness (QED) is 0.721. The zero-order valence-electron chi connectivity index (χ0n) is 7.88. The highest BCUT2D eigenvalue weighted by Crippen LogP contribution is 2.20. The Balaban J connectivity index is 2.38. The van der Waals surface area contributed by atoms with Gasteiger partial charge >= 0.3 is 5.24 Å². The van der Waals surface area contributed by atoms with E-state index in [0.717, 1.165) is 4.90 Å². The van der Waals surface area contributed by atoms with Crippen molar-refractivity contribution in [3.63, 3.8) is 0 Å². The fourth-order valence-corrected chi connectivity index (χ4v) is 2.35. The maximum Gasteiger partial charge on any atom is 0.323 e. The summed E-state index contributed by atoms with van der Waals surface area (Å²) in [6.07, 6.45) is 0.160. The lowest BCUT2D eigenvalue weighted by Crippen LogP contribution is -2.43. The molecule has 0 aromatic heterocycles. The molecule has 2 rings (SSSR count). The van der Waals surface area contributed by atoms with E-state index in [1.165, 1.54) is 0 Å². The molecule has 1 heterocycles. The van der Waals surface area contributed by atoms with E-state index in [4.69, 9.17) is 0 Å². The number of benzene rings is 1. The van der Waals surface area contributed by atoms with E-state index < -0.39 is 16.0 Å². The highest BCUT2D eigenvalue weighted by Gasteiger charge is 2.32. The molecule has 1 aliphatic heterocycles. The molecule has 0 spiro atoms. The van der Waals surface area contributed by atoms with Crippen molar-refractivity contribution < 1.29 is 13.8 Å². The summed E-state index contributed by atoms with van der Waals surface area (Å²) < 4.78 is 11.3. The van der Waals surface area contributed by atoms with Crippen LogP contribution in [0.15, 0.2) is 30.3 Å². The summed E-state index contributed by atoms with van der Waals surface area (Å²) in [5.74, 6) is -0.146. The normalized spacial score (nSPS) is 21.9. The number of carbonyl (C=O) groups excluding carboxylic acids is 2. The summed E-state index contributed by atoms with van der Waals surface area (Å²) in [7, 11) is -1.57. The van der Waals surface area contributed by atoms with Crippen molar-refractivity contribution in [2.45, 2.75) is 6.42 Å².